The fourth-order valence-electron chi connectivity index (χ4n) is 1.45. The average molecular weight is 263 g/mol. The monoisotopic (exact) mass is 264 g/mol. The maximum atomic E-state index is 2.44. The molecule has 1 rings (SSSR count). The van der Waals surface area contributed by atoms with Crippen LogP contribution >= 0.6 is 22.6 Å². The molecule has 0 aliphatic carbocycles. The van der Waals surface area contributed by atoms with Gasteiger partial charge in [-0.1, -0.05) is 10.9 Å². The van der Waals surface area contributed by atoms with Crippen LogP contribution in [0.4, 0.5) is 0 Å². The summed E-state index contributed by atoms with van der Waals surface area (Å²) in [7, 11) is 11.0. The fraction of sp³-hybridized carbons (Fsp3) is 0. The second kappa shape index (κ2) is 3.56. The van der Waals surface area contributed by atoms with Crippen LogP contribution in [0.15, 0.2) is 0 Å². The van der Waals surface area contributed by atoms with Crippen molar-refractivity contribution in [1.82, 2.24) is 0 Å². The van der Waals surface area contributed by atoms with Crippen molar-refractivity contribution < 1.29 is 0 Å². The molecule has 0 unspecified atom stereocenters. The van der Waals surface area contributed by atoms with Crippen LogP contribution in [0, 0.1) is 3.57 Å². The lowest BCUT2D eigenvalue weighted by atomic mass is 9.63. The normalized spacial score (nSPS) is 10.1. The van der Waals surface area contributed by atoms with Crippen LogP contribution in [0.2, 0.25) is 0 Å². The van der Waals surface area contributed by atoms with Gasteiger partial charge >= 0.3 is 0 Å². The van der Waals surface area contributed by atoms with Gasteiger partial charge < -0.3 is 0 Å². The first-order valence-electron chi connectivity index (χ1n) is 4.19. The van der Waals surface area contributed by atoms with Crippen molar-refractivity contribution >= 4 is 89.1 Å². The SMILES string of the molecule is Bc1c(B)c(B)c(I)c(B)c1B. The Morgan fingerprint density at radius 2 is 0.833 bits per heavy atom. The van der Waals surface area contributed by atoms with E-state index in [4.69, 9.17) is 0 Å². The molecule has 0 fully saturated rings. The van der Waals surface area contributed by atoms with E-state index in [1.807, 2.05) is 0 Å². The highest BCUT2D eigenvalue weighted by Gasteiger charge is 2.07. The zero-order valence-electron chi connectivity index (χ0n) is 8.38. The van der Waals surface area contributed by atoms with E-state index in [0.29, 0.717) is 0 Å². The standard InChI is InChI=1S/C6H10B5I/c7-1-2(8)4(10)6(12)5(11)3(1)9/h7-11H2. The molecule has 0 nitrogen and oxygen atoms in total. The summed E-state index contributed by atoms with van der Waals surface area (Å²) >= 11 is 2.44. The Morgan fingerprint density at radius 3 is 1.17 bits per heavy atom. The van der Waals surface area contributed by atoms with Crippen LogP contribution in [0.3, 0.4) is 0 Å². The van der Waals surface area contributed by atoms with E-state index >= 15 is 0 Å². The van der Waals surface area contributed by atoms with Crippen molar-refractivity contribution in [1.29, 1.82) is 0 Å². The van der Waals surface area contributed by atoms with Crippen molar-refractivity contribution in [3.8, 4) is 0 Å². The number of halogens is 1. The minimum absolute atomic E-state index is 1.42. The summed E-state index contributed by atoms with van der Waals surface area (Å²) in [5.41, 5.74) is 7.22. The predicted molar refractivity (Wildman–Crippen MR) is 80.0 cm³/mol. The van der Waals surface area contributed by atoms with Gasteiger partial charge in [0.2, 0.25) is 0 Å². The van der Waals surface area contributed by atoms with Gasteiger partial charge in [0.1, 0.15) is 39.2 Å². The number of benzene rings is 1. The molecule has 0 amide bonds. The summed E-state index contributed by atoms with van der Waals surface area (Å²) in [6.07, 6.45) is 0. The lowest BCUT2D eigenvalue weighted by molar-refractivity contribution is 1.94. The molecule has 12 heavy (non-hydrogen) atoms. The maximum absolute atomic E-state index is 2.44. The molecule has 0 spiro atoms. The Labute approximate surface area is 92.5 Å². The molecule has 0 saturated heterocycles. The first-order valence-corrected chi connectivity index (χ1v) is 5.27. The van der Waals surface area contributed by atoms with E-state index in [2.05, 4.69) is 61.8 Å². The molecule has 6 heteroatoms. The molecular formula is C6H10B5I. The van der Waals surface area contributed by atoms with Crippen molar-refractivity contribution in [3.05, 3.63) is 3.57 Å². The highest BCUT2D eigenvalue weighted by atomic mass is 127. The number of hydrogen-bond acceptors (Lipinski definition) is 0. The molecule has 56 valence electrons. The topological polar surface area (TPSA) is 0 Å². The molecule has 0 atom stereocenters. The summed E-state index contributed by atoms with van der Waals surface area (Å²) in [5, 5.41) is 0. The highest BCUT2D eigenvalue weighted by molar-refractivity contribution is 14.1. The zero-order valence-corrected chi connectivity index (χ0v) is 10.5. The van der Waals surface area contributed by atoms with Crippen LogP contribution in [0.25, 0.3) is 0 Å². The van der Waals surface area contributed by atoms with Gasteiger partial charge in [0.15, 0.2) is 0 Å². The zero-order chi connectivity index (χ0) is 9.46. The molecular weight excluding hydrogens is 253 g/mol. The van der Waals surface area contributed by atoms with Crippen molar-refractivity contribution in [2.24, 2.45) is 0 Å². The molecule has 0 N–H and O–H groups in total. The second-order valence-corrected chi connectivity index (χ2v) is 4.52. The van der Waals surface area contributed by atoms with Crippen LogP contribution in [0.1, 0.15) is 0 Å². The first-order chi connectivity index (χ1) is 5.46. The Kier molecular flexibility index (Phi) is 3.08. The molecule has 0 aromatic heterocycles. The van der Waals surface area contributed by atoms with Gasteiger partial charge in [-0.3, -0.25) is 0 Å². The minimum atomic E-state index is 1.42. The Morgan fingerprint density at radius 1 is 0.583 bits per heavy atom. The quantitative estimate of drug-likeness (QED) is 0.323. The van der Waals surface area contributed by atoms with Gasteiger partial charge in [0, 0.05) is 0 Å². The summed E-state index contributed by atoms with van der Waals surface area (Å²) in [6.45, 7) is 0. The van der Waals surface area contributed by atoms with Crippen LogP contribution in [0.5, 0.6) is 0 Å². The lowest BCUT2D eigenvalue weighted by Crippen LogP contribution is -2.55. The molecule has 1 aromatic rings. The smallest absolute Gasteiger partial charge is 0.102 e. The van der Waals surface area contributed by atoms with Gasteiger partial charge in [-0.05, 0) is 26.2 Å². The van der Waals surface area contributed by atoms with Crippen LogP contribution < -0.4 is 27.3 Å². The van der Waals surface area contributed by atoms with E-state index in [1.54, 1.807) is 0 Å². The molecule has 0 aliphatic rings. The van der Waals surface area contributed by atoms with Crippen molar-refractivity contribution in [2.45, 2.75) is 0 Å². The molecule has 1 aromatic carbocycles. The third kappa shape index (κ3) is 1.50. The first kappa shape index (κ1) is 10.4. The highest BCUT2D eigenvalue weighted by Crippen LogP contribution is 1.90. The molecule has 0 aliphatic heterocycles. The van der Waals surface area contributed by atoms with E-state index < -0.39 is 0 Å². The van der Waals surface area contributed by atoms with Gasteiger partial charge in [-0.25, -0.2) is 0 Å². The van der Waals surface area contributed by atoms with Gasteiger partial charge in [0.05, 0.1) is 0 Å². The maximum Gasteiger partial charge on any atom is 0.139 e. The van der Waals surface area contributed by atoms with E-state index in [-0.39, 0.29) is 0 Å². The van der Waals surface area contributed by atoms with E-state index in [0.717, 1.165) is 0 Å². The Bertz CT molecular complexity index is 230. The van der Waals surface area contributed by atoms with Gasteiger partial charge in [-0.15, -0.1) is 16.4 Å². The summed E-state index contributed by atoms with van der Waals surface area (Å²) < 4.78 is 1.42. The third-order valence-corrected chi connectivity index (χ3v) is 4.53. The molecule has 0 saturated carbocycles. The fourth-order valence-corrected chi connectivity index (χ4v) is 2.26. The van der Waals surface area contributed by atoms with Gasteiger partial charge in [0.25, 0.3) is 0 Å². The number of hydrogen-bond donors (Lipinski definition) is 0. The Balaban J connectivity index is 3.60. The predicted octanol–water partition coefficient (Wildman–Crippen LogP) is -6.42. The lowest BCUT2D eigenvalue weighted by Gasteiger charge is -2.15. The van der Waals surface area contributed by atoms with E-state index in [1.165, 1.54) is 30.9 Å². The minimum Gasteiger partial charge on any atom is -0.102 e. The molecule has 0 radical (unpaired) electrons. The average Bonchev–Trinajstić information content (AvgIpc) is 2.08. The Hall–Kier alpha value is 0.275. The second-order valence-electron chi connectivity index (χ2n) is 3.44. The summed E-state index contributed by atoms with van der Waals surface area (Å²) in [4.78, 5) is 0. The van der Waals surface area contributed by atoms with Gasteiger partial charge in [-0.2, -0.15) is 0 Å². The van der Waals surface area contributed by atoms with Crippen LogP contribution in [-0.4, -0.2) is 39.2 Å². The van der Waals surface area contributed by atoms with Crippen LogP contribution in [-0.2, 0) is 0 Å². The third-order valence-electron chi connectivity index (χ3n) is 2.91. The van der Waals surface area contributed by atoms with Crippen molar-refractivity contribution in [3.63, 3.8) is 0 Å². The summed E-state index contributed by atoms with van der Waals surface area (Å²) in [6, 6.07) is 0. The van der Waals surface area contributed by atoms with Crippen molar-refractivity contribution in [2.75, 3.05) is 0 Å². The summed E-state index contributed by atoms with van der Waals surface area (Å²) in [5.74, 6) is 0. The molecule has 0 bridgehead atoms. The number of rotatable bonds is 0. The molecule has 0 heterocycles. The van der Waals surface area contributed by atoms with E-state index in [9.17, 15) is 0 Å². The largest absolute Gasteiger partial charge is 0.139 e.